The van der Waals surface area contributed by atoms with Crippen molar-refractivity contribution in [2.45, 2.75) is 57.6 Å². The molecule has 3 heterocycles. The van der Waals surface area contributed by atoms with Crippen molar-refractivity contribution in [2.24, 2.45) is 0 Å². The van der Waals surface area contributed by atoms with E-state index < -0.39 is 0 Å². The lowest BCUT2D eigenvalue weighted by Crippen LogP contribution is -2.41. The highest BCUT2D eigenvalue weighted by molar-refractivity contribution is 5.76. The summed E-state index contributed by atoms with van der Waals surface area (Å²) in [6.07, 6.45) is 10.2. The number of nitrogens with zero attached hydrogens (tertiary/aromatic N) is 3. The molecule has 0 N–H and O–H groups in total. The van der Waals surface area contributed by atoms with E-state index in [2.05, 4.69) is 9.55 Å². The number of hydrogen-bond acceptors (Lipinski definition) is 3. The van der Waals surface area contributed by atoms with Gasteiger partial charge in [-0.3, -0.25) is 4.79 Å². The molecule has 0 aromatic carbocycles. The Kier molecular flexibility index (Phi) is 4.58. The average Bonchev–Trinajstić information content (AvgIpc) is 3.16. The van der Waals surface area contributed by atoms with Crippen LogP contribution >= 0.6 is 0 Å². The van der Waals surface area contributed by atoms with Crippen molar-refractivity contribution in [3.63, 3.8) is 0 Å². The van der Waals surface area contributed by atoms with Crippen molar-refractivity contribution < 1.29 is 9.53 Å². The minimum absolute atomic E-state index is 0.285. The van der Waals surface area contributed by atoms with Crippen molar-refractivity contribution in [1.29, 1.82) is 0 Å². The maximum atomic E-state index is 12.4. The molecule has 0 aliphatic carbocycles. The molecule has 2 fully saturated rings. The second-order valence-electron chi connectivity index (χ2n) is 6.19. The molecule has 0 radical (unpaired) electrons. The molecule has 2 saturated heterocycles. The third kappa shape index (κ3) is 3.46. The van der Waals surface area contributed by atoms with Gasteiger partial charge in [0, 0.05) is 38.5 Å². The zero-order chi connectivity index (χ0) is 14.7. The Bertz CT molecular complexity index is 480. The summed E-state index contributed by atoms with van der Waals surface area (Å²) in [7, 11) is 0. The first-order valence-corrected chi connectivity index (χ1v) is 8.13. The van der Waals surface area contributed by atoms with Gasteiger partial charge >= 0.3 is 0 Å². The number of hydrogen-bond donors (Lipinski definition) is 0. The molecular weight excluding hydrogens is 266 g/mol. The lowest BCUT2D eigenvalue weighted by Gasteiger charge is -2.34. The highest BCUT2D eigenvalue weighted by Gasteiger charge is 2.26. The van der Waals surface area contributed by atoms with Crippen molar-refractivity contribution >= 4 is 5.91 Å². The van der Waals surface area contributed by atoms with Crippen molar-refractivity contribution in [3.05, 3.63) is 18.2 Å². The van der Waals surface area contributed by atoms with Crippen LogP contribution in [0.15, 0.2) is 12.4 Å². The van der Waals surface area contributed by atoms with Gasteiger partial charge in [0.15, 0.2) is 0 Å². The highest BCUT2D eigenvalue weighted by atomic mass is 16.5. The van der Waals surface area contributed by atoms with Crippen molar-refractivity contribution in [1.82, 2.24) is 14.5 Å². The molecule has 21 heavy (non-hydrogen) atoms. The van der Waals surface area contributed by atoms with Gasteiger partial charge in [-0.1, -0.05) is 0 Å². The molecule has 3 rings (SSSR count). The van der Waals surface area contributed by atoms with Crippen LogP contribution < -0.4 is 0 Å². The fraction of sp³-hybridized carbons (Fsp3) is 0.750. The minimum atomic E-state index is 0.285. The van der Waals surface area contributed by atoms with Crippen molar-refractivity contribution in [3.8, 4) is 0 Å². The zero-order valence-corrected chi connectivity index (χ0v) is 12.8. The smallest absolute Gasteiger partial charge is 0.222 e. The van der Waals surface area contributed by atoms with Crippen LogP contribution in [0.2, 0.25) is 0 Å². The number of aryl methyl sites for hydroxylation is 1. The van der Waals surface area contributed by atoms with E-state index in [1.165, 1.54) is 0 Å². The van der Waals surface area contributed by atoms with Crippen LogP contribution in [-0.2, 0) is 9.53 Å². The predicted molar refractivity (Wildman–Crippen MR) is 80.0 cm³/mol. The van der Waals surface area contributed by atoms with Gasteiger partial charge in [-0.15, -0.1) is 0 Å². The van der Waals surface area contributed by atoms with E-state index in [9.17, 15) is 4.79 Å². The van der Waals surface area contributed by atoms with Crippen LogP contribution in [0.4, 0.5) is 0 Å². The molecular formula is C16H25N3O2. The van der Waals surface area contributed by atoms with Gasteiger partial charge in [0.1, 0.15) is 5.82 Å². The topological polar surface area (TPSA) is 47.4 Å². The molecule has 1 aromatic rings. The molecule has 0 unspecified atom stereocenters. The van der Waals surface area contributed by atoms with Crippen LogP contribution in [0.5, 0.6) is 0 Å². The maximum Gasteiger partial charge on any atom is 0.222 e. The number of likely N-dealkylation sites (tertiary alicyclic amines) is 1. The summed E-state index contributed by atoms with van der Waals surface area (Å²) in [6.45, 7) is 4.61. The summed E-state index contributed by atoms with van der Waals surface area (Å²) < 4.78 is 7.81. The molecule has 0 bridgehead atoms. The second-order valence-corrected chi connectivity index (χ2v) is 6.19. The van der Waals surface area contributed by atoms with Crippen LogP contribution in [0, 0.1) is 6.92 Å². The fourth-order valence-corrected chi connectivity index (χ4v) is 3.50. The van der Waals surface area contributed by atoms with Crippen LogP contribution in [-0.4, -0.2) is 46.2 Å². The van der Waals surface area contributed by atoms with Gasteiger partial charge in [0.05, 0.1) is 12.1 Å². The Hall–Kier alpha value is -1.36. The number of ether oxygens (including phenoxy) is 1. The monoisotopic (exact) mass is 291 g/mol. The van der Waals surface area contributed by atoms with Gasteiger partial charge in [0.2, 0.25) is 5.91 Å². The Morgan fingerprint density at radius 1 is 1.43 bits per heavy atom. The van der Waals surface area contributed by atoms with E-state index in [4.69, 9.17) is 4.74 Å². The standard InChI is InChI=1S/C16H25N3O2/c1-13-17-8-10-19(13)14-4-2-9-18(12-14)16(20)7-6-15-5-3-11-21-15/h8,10,14-15H,2-7,9,11-12H2,1H3/t14-,15+/m0/s1. The molecule has 0 spiro atoms. The maximum absolute atomic E-state index is 12.4. The molecule has 1 amide bonds. The third-order valence-corrected chi connectivity index (χ3v) is 4.71. The van der Waals surface area contributed by atoms with E-state index >= 15 is 0 Å². The predicted octanol–water partition coefficient (Wildman–Crippen LogP) is 2.31. The second kappa shape index (κ2) is 6.60. The lowest BCUT2D eigenvalue weighted by atomic mass is 10.0. The molecule has 5 heteroatoms. The van der Waals surface area contributed by atoms with E-state index in [1.54, 1.807) is 0 Å². The van der Waals surface area contributed by atoms with E-state index in [0.29, 0.717) is 18.6 Å². The minimum Gasteiger partial charge on any atom is -0.378 e. The number of amides is 1. The summed E-state index contributed by atoms with van der Waals surface area (Å²) in [5.74, 6) is 1.32. The Balaban J connectivity index is 1.53. The molecule has 1 aromatic heterocycles. The van der Waals surface area contributed by atoms with Crippen LogP contribution in [0.1, 0.15) is 50.4 Å². The highest BCUT2D eigenvalue weighted by Crippen LogP contribution is 2.24. The van der Waals surface area contributed by atoms with Crippen LogP contribution in [0.3, 0.4) is 0 Å². The van der Waals surface area contributed by atoms with E-state index in [1.807, 2.05) is 24.2 Å². The summed E-state index contributed by atoms with van der Waals surface area (Å²) in [6, 6.07) is 0.382. The number of aromatic nitrogens is 2. The third-order valence-electron chi connectivity index (χ3n) is 4.71. The summed E-state index contributed by atoms with van der Waals surface area (Å²) in [5, 5.41) is 0. The quantitative estimate of drug-likeness (QED) is 0.855. The number of imidazole rings is 1. The van der Waals surface area contributed by atoms with Gasteiger partial charge in [0.25, 0.3) is 0 Å². The molecule has 0 saturated carbocycles. The van der Waals surface area contributed by atoms with E-state index in [-0.39, 0.29) is 5.91 Å². The lowest BCUT2D eigenvalue weighted by molar-refractivity contribution is -0.133. The molecule has 5 nitrogen and oxygen atoms in total. The first kappa shape index (κ1) is 14.6. The Morgan fingerprint density at radius 2 is 2.33 bits per heavy atom. The number of rotatable bonds is 4. The molecule has 2 aliphatic heterocycles. The summed E-state index contributed by atoms with van der Waals surface area (Å²) >= 11 is 0. The van der Waals surface area contributed by atoms with E-state index in [0.717, 1.165) is 57.6 Å². The van der Waals surface area contributed by atoms with Crippen LogP contribution in [0.25, 0.3) is 0 Å². The summed E-state index contributed by atoms with van der Waals surface area (Å²) in [5.41, 5.74) is 0. The fourth-order valence-electron chi connectivity index (χ4n) is 3.50. The Labute approximate surface area is 126 Å². The SMILES string of the molecule is Cc1nccn1[C@H]1CCCN(C(=O)CC[C@H]2CCCO2)C1. The van der Waals surface area contributed by atoms with Gasteiger partial charge in [-0.05, 0) is 39.0 Å². The number of carbonyl (C=O) groups is 1. The zero-order valence-electron chi connectivity index (χ0n) is 12.8. The molecule has 2 atom stereocenters. The number of carbonyl (C=O) groups excluding carboxylic acids is 1. The number of piperidine rings is 1. The van der Waals surface area contributed by atoms with Gasteiger partial charge in [-0.25, -0.2) is 4.98 Å². The molecule has 2 aliphatic rings. The average molecular weight is 291 g/mol. The Morgan fingerprint density at radius 3 is 3.05 bits per heavy atom. The van der Waals surface area contributed by atoms with Crippen molar-refractivity contribution in [2.75, 3.05) is 19.7 Å². The normalized spacial score (nSPS) is 26.2. The van der Waals surface area contributed by atoms with Gasteiger partial charge < -0.3 is 14.2 Å². The largest absolute Gasteiger partial charge is 0.378 e. The first-order chi connectivity index (χ1) is 10.2. The first-order valence-electron chi connectivity index (χ1n) is 8.13. The summed E-state index contributed by atoms with van der Waals surface area (Å²) in [4.78, 5) is 18.7. The van der Waals surface area contributed by atoms with Gasteiger partial charge in [-0.2, -0.15) is 0 Å². The molecule has 116 valence electrons.